The summed E-state index contributed by atoms with van der Waals surface area (Å²) in [5.74, 6) is 0.337. The molecule has 0 atom stereocenters. The van der Waals surface area contributed by atoms with E-state index in [0.29, 0.717) is 19.0 Å². The van der Waals surface area contributed by atoms with Crippen molar-refractivity contribution in [1.29, 1.82) is 0 Å². The maximum absolute atomic E-state index is 12.1. The first-order valence-corrected chi connectivity index (χ1v) is 9.24. The maximum atomic E-state index is 12.1. The van der Waals surface area contributed by atoms with Crippen molar-refractivity contribution in [2.45, 2.75) is 6.92 Å². The van der Waals surface area contributed by atoms with Crippen molar-refractivity contribution >= 4 is 34.6 Å². The first kappa shape index (κ1) is 19.1. The van der Waals surface area contributed by atoms with E-state index in [-0.39, 0.29) is 17.6 Å². The van der Waals surface area contributed by atoms with Crippen LogP contribution in [0.3, 0.4) is 0 Å². The number of morpholine rings is 1. The molecule has 2 aromatic carbocycles. The molecule has 142 valence electrons. The highest BCUT2D eigenvalue weighted by molar-refractivity contribution is 7.80. The molecule has 3 rings (SSSR count). The second kappa shape index (κ2) is 9.34. The Kier molecular flexibility index (Phi) is 6.62. The number of ether oxygens (including phenoxy) is 2. The molecule has 1 saturated heterocycles. The van der Waals surface area contributed by atoms with Gasteiger partial charge in [-0.05, 0) is 43.4 Å². The van der Waals surface area contributed by atoms with E-state index in [9.17, 15) is 4.79 Å². The fourth-order valence-corrected chi connectivity index (χ4v) is 2.98. The lowest BCUT2D eigenvalue weighted by Crippen LogP contribution is -2.39. The molecule has 27 heavy (non-hydrogen) atoms. The van der Waals surface area contributed by atoms with Gasteiger partial charge in [0.1, 0.15) is 5.75 Å². The number of carbonyl (C=O) groups is 1. The number of para-hydroxylation sites is 2. The number of nitrogens with one attached hydrogen (secondary N) is 2. The molecule has 0 radical (unpaired) electrons. The number of nitrogens with zero attached hydrogens (tertiary/aromatic N) is 1. The van der Waals surface area contributed by atoms with Gasteiger partial charge >= 0.3 is 0 Å². The van der Waals surface area contributed by atoms with Gasteiger partial charge in [0.25, 0.3) is 5.91 Å². The van der Waals surface area contributed by atoms with Crippen LogP contribution in [0.1, 0.15) is 5.56 Å². The van der Waals surface area contributed by atoms with Crippen LogP contribution < -0.4 is 20.3 Å². The Morgan fingerprint density at radius 3 is 2.59 bits per heavy atom. The van der Waals surface area contributed by atoms with Gasteiger partial charge in [-0.25, -0.2) is 0 Å². The molecule has 1 heterocycles. The molecule has 2 aromatic rings. The summed E-state index contributed by atoms with van der Waals surface area (Å²) in [6.07, 6.45) is 0. The van der Waals surface area contributed by atoms with Crippen molar-refractivity contribution in [3.8, 4) is 5.75 Å². The van der Waals surface area contributed by atoms with Gasteiger partial charge in [0.05, 0.1) is 24.6 Å². The van der Waals surface area contributed by atoms with Gasteiger partial charge in [0.15, 0.2) is 11.7 Å². The van der Waals surface area contributed by atoms with E-state index in [2.05, 4.69) is 15.5 Å². The van der Waals surface area contributed by atoms with Crippen LogP contribution in [0.25, 0.3) is 0 Å². The molecule has 0 saturated carbocycles. The summed E-state index contributed by atoms with van der Waals surface area (Å²) >= 11 is 5.28. The summed E-state index contributed by atoms with van der Waals surface area (Å²) in [5.41, 5.74) is 3.02. The number of carbonyl (C=O) groups excluding carboxylic acids is 1. The standard InChI is InChI=1S/C20H23N3O3S/c1-15-6-8-16(9-7-15)26-14-19(24)22-20(27)21-17-4-2-3-5-18(17)23-10-12-25-13-11-23/h2-9H,10-14H2,1H3,(H2,21,22,24,27). The zero-order chi connectivity index (χ0) is 19.1. The minimum atomic E-state index is -0.308. The van der Waals surface area contributed by atoms with Crippen LogP contribution in [-0.2, 0) is 9.53 Å². The number of thiocarbonyl (C=S) groups is 1. The van der Waals surface area contributed by atoms with Crippen LogP contribution in [0.4, 0.5) is 11.4 Å². The average Bonchev–Trinajstić information content (AvgIpc) is 2.68. The number of benzene rings is 2. The summed E-state index contributed by atoms with van der Waals surface area (Å²) in [5, 5.41) is 6.00. The highest BCUT2D eigenvalue weighted by Gasteiger charge is 2.15. The first-order chi connectivity index (χ1) is 13.1. The zero-order valence-corrected chi connectivity index (χ0v) is 16.1. The van der Waals surface area contributed by atoms with Crippen molar-refractivity contribution in [3.05, 3.63) is 54.1 Å². The molecule has 6 nitrogen and oxygen atoms in total. The molecule has 1 fully saturated rings. The molecule has 0 unspecified atom stereocenters. The van der Waals surface area contributed by atoms with E-state index >= 15 is 0 Å². The molecule has 1 aliphatic heterocycles. The van der Waals surface area contributed by atoms with Crippen LogP contribution >= 0.6 is 12.2 Å². The molecule has 1 aliphatic rings. The molecule has 0 bridgehead atoms. The van der Waals surface area contributed by atoms with Crippen molar-refractivity contribution in [1.82, 2.24) is 5.32 Å². The predicted octanol–water partition coefficient (Wildman–Crippen LogP) is 2.72. The largest absolute Gasteiger partial charge is 0.484 e. The minimum Gasteiger partial charge on any atom is -0.484 e. The summed E-state index contributed by atoms with van der Waals surface area (Å²) in [6, 6.07) is 15.4. The van der Waals surface area contributed by atoms with E-state index in [0.717, 1.165) is 30.0 Å². The van der Waals surface area contributed by atoms with E-state index in [1.54, 1.807) is 0 Å². The first-order valence-electron chi connectivity index (χ1n) is 8.84. The van der Waals surface area contributed by atoms with Crippen LogP contribution in [0.15, 0.2) is 48.5 Å². The van der Waals surface area contributed by atoms with Crippen LogP contribution in [0.2, 0.25) is 0 Å². The molecule has 7 heteroatoms. The lowest BCUT2D eigenvalue weighted by molar-refractivity contribution is -0.121. The summed E-state index contributed by atoms with van der Waals surface area (Å²) in [7, 11) is 0. The Hall–Kier alpha value is -2.64. The van der Waals surface area contributed by atoms with E-state index in [4.69, 9.17) is 21.7 Å². The van der Waals surface area contributed by atoms with Crippen LogP contribution in [-0.4, -0.2) is 43.9 Å². The van der Waals surface area contributed by atoms with Crippen molar-refractivity contribution < 1.29 is 14.3 Å². The number of hydrogen-bond acceptors (Lipinski definition) is 5. The Labute approximate surface area is 164 Å². The molecule has 2 N–H and O–H groups in total. The highest BCUT2D eigenvalue weighted by Crippen LogP contribution is 2.26. The molecule has 1 amide bonds. The highest BCUT2D eigenvalue weighted by atomic mass is 32.1. The van der Waals surface area contributed by atoms with E-state index in [1.165, 1.54) is 0 Å². The second-order valence-electron chi connectivity index (χ2n) is 6.22. The van der Waals surface area contributed by atoms with Crippen molar-refractivity contribution in [3.63, 3.8) is 0 Å². The normalized spacial score (nSPS) is 13.7. The maximum Gasteiger partial charge on any atom is 0.264 e. The number of hydrogen-bond donors (Lipinski definition) is 2. The predicted molar refractivity (Wildman–Crippen MR) is 111 cm³/mol. The van der Waals surface area contributed by atoms with E-state index < -0.39 is 0 Å². The average molecular weight is 385 g/mol. The summed E-state index contributed by atoms with van der Waals surface area (Å²) in [6.45, 7) is 4.94. The van der Waals surface area contributed by atoms with Gasteiger partial charge in [0, 0.05) is 13.1 Å². The molecule has 0 aromatic heterocycles. The fourth-order valence-electron chi connectivity index (χ4n) is 2.76. The molecular weight excluding hydrogens is 362 g/mol. The number of anilines is 2. The minimum absolute atomic E-state index is 0.101. The van der Waals surface area contributed by atoms with Gasteiger partial charge in [-0.2, -0.15) is 0 Å². The number of rotatable bonds is 5. The third kappa shape index (κ3) is 5.67. The quantitative estimate of drug-likeness (QED) is 0.772. The van der Waals surface area contributed by atoms with Gasteiger partial charge in [-0.3, -0.25) is 10.1 Å². The van der Waals surface area contributed by atoms with Crippen molar-refractivity contribution in [2.24, 2.45) is 0 Å². The topological polar surface area (TPSA) is 62.8 Å². The van der Waals surface area contributed by atoms with Gasteiger partial charge in [-0.15, -0.1) is 0 Å². The third-order valence-corrected chi connectivity index (χ3v) is 4.35. The Balaban J connectivity index is 1.53. The lowest BCUT2D eigenvalue weighted by atomic mass is 10.2. The summed E-state index contributed by atoms with van der Waals surface area (Å²) in [4.78, 5) is 14.3. The van der Waals surface area contributed by atoms with Gasteiger partial charge in [0.2, 0.25) is 0 Å². The third-order valence-electron chi connectivity index (χ3n) is 4.15. The molecular formula is C20H23N3O3S. The fraction of sp³-hybridized carbons (Fsp3) is 0.300. The van der Waals surface area contributed by atoms with Crippen LogP contribution in [0, 0.1) is 6.92 Å². The monoisotopic (exact) mass is 385 g/mol. The Morgan fingerprint density at radius 2 is 1.85 bits per heavy atom. The Morgan fingerprint density at radius 1 is 1.15 bits per heavy atom. The summed E-state index contributed by atoms with van der Waals surface area (Å²) < 4.78 is 10.9. The molecule has 0 aliphatic carbocycles. The smallest absolute Gasteiger partial charge is 0.264 e. The second-order valence-corrected chi connectivity index (χ2v) is 6.63. The molecule has 0 spiro atoms. The lowest BCUT2D eigenvalue weighted by Gasteiger charge is -2.30. The number of amides is 1. The van der Waals surface area contributed by atoms with Crippen molar-refractivity contribution in [2.75, 3.05) is 43.1 Å². The van der Waals surface area contributed by atoms with Gasteiger partial charge < -0.3 is 19.7 Å². The van der Waals surface area contributed by atoms with Gasteiger partial charge in [-0.1, -0.05) is 29.8 Å². The SMILES string of the molecule is Cc1ccc(OCC(=O)NC(=S)Nc2ccccc2N2CCOCC2)cc1. The van der Waals surface area contributed by atoms with Crippen LogP contribution in [0.5, 0.6) is 5.75 Å². The number of aryl methyl sites for hydroxylation is 1. The zero-order valence-electron chi connectivity index (χ0n) is 15.2. The Bertz CT molecular complexity index is 789. The van der Waals surface area contributed by atoms with E-state index in [1.807, 2.05) is 55.5 Å².